The summed E-state index contributed by atoms with van der Waals surface area (Å²) in [6.45, 7) is 7.09. The van der Waals surface area contributed by atoms with Crippen LogP contribution in [0.2, 0.25) is 6.04 Å². The van der Waals surface area contributed by atoms with Gasteiger partial charge in [-0.3, -0.25) is 0 Å². The highest BCUT2D eigenvalue weighted by molar-refractivity contribution is 6.27. The van der Waals surface area contributed by atoms with Crippen LogP contribution >= 0.6 is 0 Å². The summed E-state index contributed by atoms with van der Waals surface area (Å²) in [5.41, 5.74) is -0.0365. The number of ether oxygens (including phenoxy) is 2. The summed E-state index contributed by atoms with van der Waals surface area (Å²) in [5, 5.41) is 0. The molecule has 0 aliphatic rings. The van der Waals surface area contributed by atoms with Crippen LogP contribution in [0, 0.1) is 17.5 Å². The van der Waals surface area contributed by atoms with Crippen molar-refractivity contribution < 1.29 is 27.1 Å². The molecule has 0 bridgehead atoms. The van der Waals surface area contributed by atoms with E-state index in [0.29, 0.717) is 6.42 Å². The lowest BCUT2D eigenvalue weighted by atomic mass is 10.1. The minimum atomic E-state index is -0.885. The maximum absolute atomic E-state index is 13.5. The third-order valence-electron chi connectivity index (χ3n) is 3.45. The molecule has 1 rings (SSSR count). The van der Waals surface area contributed by atoms with Gasteiger partial charge in [0.2, 0.25) is 0 Å². The first-order valence-corrected chi connectivity index (χ1v) is 10.4. The molecule has 144 valence electrons. The minimum absolute atomic E-state index is 0.0262. The highest BCUT2D eigenvalue weighted by Gasteiger charge is 2.14. The van der Waals surface area contributed by atoms with Crippen LogP contribution < -0.4 is 0 Å². The number of benzene rings is 1. The summed E-state index contributed by atoms with van der Waals surface area (Å²) < 4.78 is 56.7. The Morgan fingerprint density at radius 3 is 1.96 bits per heavy atom. The monoisotopic (exact) mass is 378 g/mol. The Labute approximate surface area is 150 Å². The van der Waals surface area contributed by atoms with E-state index < -0.39 is 33.7 Å². The van der Waals surface area contributed by atoms with Crippen molar-refractivity contribution in [3.05, 3.63) is 35.1 Å². The zero-order chi connectivity index (χ0) is 18.8. The van der Waals surface area contributed by atoms with E-state index in [1.165, 1.54) is 0 Å². The number of rotatable bonds is 12. The maximum Gasteiger partial charge on any atom is 0.262 e. The minimum Gasteiger partial charge on any atom is -0.379 e. The van der Waals surface area contributed by atoms with E-state index in [1.807, 2.05) is 27.7 Å². The molecule has 7 heteroatoms. The predicted octanol–water partition coefficient (Wildman–Crippen LogP) is 4.47. The van der Waals surface area contributed by atoms with Crippen LogP contribution in [0.3, 0.4) is 0 Å². The largest absolute Gasteiger partial charge is 0.379 e. The van der Waals surface area contributed by atoms with Gasteiger partial charge in [-0.05, 0) is 46.6 Å². The first kappa shape index (κ1) is 22.1. The van der Waals surface area contributed by atoms with Gasteiger partial charge in [0.15, 0.2) is 9.76 Å². The Morgan fingerprint density at radius 1 is 0.880 bits per heavy atom. The molecule has 0 unspecified atom stereocenters. The quantitative estimate of drug-likeness (QED) is 0.305. The first-order valence-electron chi connectivity index (χ1n) is 8.85. The molecular formula is C18H29F3O3Si. The van der Waals surface area contributed by atoms with E-state index in [9.17, 15) is 13.2 Å². The van der Waals surface area contributed by atoms with E-state index >= 15 is 0 Å². The average molecular weight is 379 g/mol. The van der Waals surface area contributed by atoms with Crippen molar-refractivity contribution in [2.24, 2.45) is 0 Å². The number of hydrogen-bond acceptors (Lipinski definition) is 3. The van der Waals surface area contributed by atoms with E-state index in [-0.39, 0.29) is 24.2 Å². The molecule has 0 saturated heterocycles. The normalized spacial score (nSPS) is 12.4. The van der Waals surface area contributed by atoms with Crippen LogP contribution in [0.1, 0.15) is 52.5 Å². The maximum atomic E-state index is 13.5. The van der Waals surface area contributed by atoms with Gasteiger partial charge < -0.3 is 13.9 Å². The van der Waals surface area contributed by atoms with Gasteiger partial charge in [0.25, 0.3) is 6.48 Å². The SMILES string of the molecule is CC(C)OC(O[SiH2]CCCCCc1c(F)cc(F)cc1F)OC(C)C. The van der Waals surface area contributed by atoms with Crippen molar-refractivity contribution in [3.63, 3.8) is 0 Å². The van der Waals surface area contributed by atoms with Gasteiger partial charge in [0.05, 0.1) is 12.2 Å². The van der Waals surface area contributed by atoms with E-state index in [2.05, 4.69) is 0 Å². The molecule has 3 nitrogen and oxygen atoms in total. The lowest BCUT2D eigenvalue weighted by molar-refractivity contribution is -0.275. The van der Waals surface area contributed by atoms with Crippen molar-refractivity contribution >= 4 is 9.76 Å². The third-order valence-corrected chi connectivity index (χ3v) is 4.74. The van der Waals surface area contributed by atoms with Crippen molar-refractivity contribution in [1.82, 2.24) is 0 Å². The number of hydrogen-bond donors (Lipinski definition) is 0. The van der Waals surface area contributed by atoms with E-state index in [1.54, 1.807) is 0 Å². The molecule has 0 aliphatic heterocycles. The van der Waals surface area contributed by atoms with E-state index in [0.717, 1.165) is 31.0 Å². The van der Waals surface area contributed by atoms with Gasteiger partial charge in [-0.1, -0.05) is 12.8 Å². The molecule has 25 heavy (non-hydrogen) atoms. The molecule has 1 aromatic carbocycles. The fourth-order valence-electron chi connectivity index (χ4n) is 2.30. The van der Waals surface area contributed by atoms with Gasteiger partial charge in [-0.2, -0.15) is 0 Å². The standard InChI is InChI=1S/C18H29F3O3Si/c1-12(2)22-18(23-13(3)4)24-25-9-7-5-6-8-15-16(20)10-14(19)11-17(15)21/h10-13,18H,5-9,25H2,1-4H3. The molecule has 0 atom stereocenters. The van der Waals surface area contributed by atoms with Gasteiger partial charge in [-0.25, -0.2) is 13.2 Å². The topological polar surface area (TPSA) is 27.7 Å². The molecule has 0 radical (unpaired) electrons. The number of unbranched alkanes of at least 4 members (excludes halogenated alkanes) is 2. The van der Waals surface area contributed by atoms with Crippen LogP contribution in [-0.4, -0.2) is 28.4 Å². The molecule has 0 aromatic heterocycles. The van der Waals surface area contributed by atoms with Crippen molar-refractivity contribution in [2.75, 3.05) is 0 Å². The molecule has 1 aromatic rings. The highest BCUT2D eigenvalue weighted by Crippen LogP contribution is 2.18. The summed E-state index contributed by atoms with van der Waals surface area (Å²) in [6.07, 6.45) is 2.75. The van der Waals surface area contributed by atoms with Crippen LogP contribution in [0.25, 0.3) is 0 Å². The van der Waals surface area contributed by atoms with Crippen LogP contribution in [0.15, 0.2) is 12.1 Å². The third kappa shape index (κ3) is 9.39. The van der Waals surface area contributed by atoms with Crippen molar-refractivity contribution in [3.8, 4) is 0 Å². The summed E-state index contributed by atoms with van der Waals surface area (Å²) in [6, 6.07) is 2.39. The molecule has 0 fully saturated rings. The Morgan fingerprint density at radius 2 is 1.44 bits per heavy atom. The molecular weight excluding hydrogens is 349 g/mol. The molecule has 0 N–H and O–H groups in total. The number of halogens is 3. The Hall–Kier alpha value is -0.893. The second-order valence-corrected chi connectivity index (χ2v) is 7.99. The average Bonchev–Trinajstić information content (AvgIpc) is 2.46. The Kier molecular flexibility index (Phi) is 10.3. The lowest BCUT2D eigenvalue weighted by Crippen LogP contribution is -2.28. The molecule has 0 amide bonds. The van der Waals surface area contributed by atoms with Crippen LogP contribution in [-0.2, 0) is 20.3 Å². The second kappa shape index (κ2) is 11.7. The summed E-state index contributed by atoms with van der Waals surface area (Å²) in [4.78, 5) is 0. The van der Waals surface area contributed by atoms with Gasteiger partial charge in [-0.15, -0.1) is 0 Å². The lowest BCUT2D eigenvalue weighted by Gasteiger charge is -2.23. The predicted molar refractivity (Wildman–Crippen MR) is 94.5 cm³/mol. The summed E-state index contributed by atoms with van der Waals surface area (Å²) in [7, 11) is -0.782. The van der Waals surface area contributed by atoms with Gasteiger partial charge in [0.1, 0.15) is 17.5 Å². The second-order valence-electron chi connectivity index (χ2n) is 6.54. The van der Waals surface area contributed by atoms with Crippen molar-refractivity contribution in [1.29, 1.82) is 0 Å². The zero-order valence-corrected chi connectivity index (χ0v) is 16.9. The molecule has 0 spiro atoms. The van der Waals surface area contributed by atoms with Crippen LogP contribution in [0.4, 0.5) is 13.2 Å². The van der Waals surface area contributed by atoms with Crippen molar-refractivity contribution in [2.45, 2.75) is 78.1 Å². The van der Waals surface area contributed by atoms with Gasteiger partial charge in [0, 0.05) is 17.7 Å². The fraction of sp³-hybridized carbons (Fsp3) is 0.667. The highest BCUT2D eigenvalue weighted by atomic mass is 28.2. The fourth-order valence-corrected chi connectivity index (χ4v) is 3.38. The molecule has 0 heterocycles. The molecule has 0 aliphatic carbocycles. The Bertz CT molecular complexity index is 479. The Balaban J connectivity index is 2.21. The van der Waals surface area contributed by atoms with Gasteiger partial charge >= 0.3 is 0 Å². The summed E-state index contributed by atoms with van der Waals surface area (Å²) >= 11 is 0. The molecule has 0 saturated carbocycles. The van der Waals surface area contributed by atoms with E-state index in [4.69, 9.17) is 13.9 Å². The van der Waals surface area contributed by atoms with Crippen LogP contribution in [0.5, 0.6) is 0 Å². The first-order chi connectivity index (χ1) is 11.8. The zero-order valence-electron chi connectivity index (χ0n) is 15.5. The smallest absolute Gasteiger partial charge is 0.262 e. The summed E-state index contributed by atoms with van der Waals surface area (Å²) in [5.74, 6) is -2.51.